The lowest BCUT2D eigenvalue weighted by atomic mass is 10.0. The topological polar surface area (TPSA) is 58.2 Å². The molecule has 0 heterocycles. The van der Waals surface area contributed by atoms with E-state index < -0.39 is 23.6 Å². The summed E-state index contributed by atoms with van der Waals surface area (Å²) in [6.07, 6.45) is 1.11. The van der Waals surface area contributed by atoms with E-state index in [1.54, 1.807) is 0 Å². The molecule has 1 aliphatic carbocycles. The Morgan fingerprint density at radius 1 is 1.26 bits per heavy atom. The summed E-state index contributed by atoms with van der Waals surface area (Å²) < 4.78 is 39.4. The molecule has 1 aromatic rings. The van der Waals surface area contributed by atoms with Gasteiger partial charge < -0.3 is 10.6 Å². The van der Waals surface area contributed by atoms with Crippen LogP contribution in [0.1, 0.15) is 31.7 Å². The van der Waals surface area contributed by atoms with E-state index >= 15 is 0 Å². The maximum atomic E-state index is 13.1. The van der Waals surface area contributed by atoms with Crippen molar-refractivity contribution >= 4 is 23.2 Å². The Morgan fingerprint density at radius 3 is 2.57 bits per heavy atom. The molecule has 0 bridgehead atoms. The Labute approximate surface area is 131 Å². The normalized spacial score (nSPS) is 17.1. The zero-order valence-electron chi connectivity index (χ0n) is 12.5. The summed E-state index contributed by atoms with van der Waals surface area (Å²) in [5.41, 5.74) is -1.26. The minimum atomic E-state index is -4.63. The van der Waals surface area contributed by atoms with Crippen molar-refractivity contribution in [3.05, 3.63) is 35.9 Å². The molecule has 2 N–H and O–H groups in total. The number of nitrogens with one attached hydrogen (secondary N) is 2. The number of allylic oxidation sites excluding steroid dienone is 2. The fourth-order valence-electron chi connectivity index (χ4n) is 2.47. The highest BCUT2D eigenvalue weighted by Gasteiger charge is 2.34. The van der Waals surface area contributed by atoms with Gasteiger partial charge in [0.15, 0.2) is 0 Å². The van der Waals surface area contributed by atoms with Crippen LogP contribution in [0.3, 0.4) is 0 Å². The van der Waals surface area contributed by atoms with Crippen molar-refractivity contribution in [2.24, 2.45) is 5.92 Å². The monoisotopic (exact) mass is 326 g/mol. The van der Waals surface area contributed by atoms with Gasteiger partial charge >= 0.3 is 6.18 Å². The largest absolute Gasteiger partial charge is 0.418 e. The second-order valence-corrected chi connectivity index (χ2v) is 5.46. The average molecular weight is 326 g/mol. The second-order valence-electron chi connectivity index (χ2n) is 5.46. The molecule has 23 heavy (non-hydrogen) atoms. The Morgan fingerprint density at radius 2 is 2.00 bits per heavy atom. The summed E-state index contributed by atoms with van der Waals surface area (Å²) in [5, 5.41) is 4.61. The van der Waals surface area contributed by atoms with Crippen LogP contribution in [0, 0.1) is 5.92 Å². The SMILES string of the molecule is CC(=O)Nc1ccc(NC(=O)C[C@H]2C=CCC2)c(C(F)(F)F)c1. The fraction of sp³-hybridized carbons (Fsp3) is 0.375. The van der Waals surface area contributed by atoms with Crippen molar-refractivity contribution < 1.29 is 22.8 Å². The number of benzene rings is 1. The molecule has 0 fully saturated rings. The average Bonchev–Trinajstić information content (AvgIpc) is 2.91. The maximum Gasteiger partial charge on any atom is 0.418 e. The van der Waals surface area contributed by atoms with E-state index in [1.165, 1.54) is 13.0 Å². The van der Waals surface area contributed by atoms with E-state index in [4.69, 9.17) is 0 Å². The van der Waals surface area contributed by atoms with Crippen molar-refractivity contribution in [2.45, 2.75) is 32.4 Å². The molecule has 1 atom stereocenters. The summed E-state index contributed by atoms with van der Waals surface area (Å²) >= 11 is 0. The number of anilines is 2. The predicted octanol–water partition coefficient (Wildman–Crippen LogP) is 3.96. The molecule has 0 spiro atoms. The molecule has 7 heteroatoms. The van der Waals surface area contributed by atoms with Crippen LogP contribution < -0.4 is 10.6 Å². The lowest BCUT2D eigenvalue weighted by Gasteiger charge is -2.16. The molecule has 2 rings (SSSR count). The first-order chi connectivity index (χ1) is 10.8. The molecule has 4 nitrogen and oxygen atoms in total. The smallest absolute Gasteiger partial charge is 0.326 e. The lowest BCUT2D eigenvalue weighted by Crippen LogP contribution is -2.19. The highest BCUT2D eigenvalue weighted by molar-refractivity contribution is 5.93. The first-order valence-electron chi connectivity index (χ1n) is 7.21. The van der Waals surface area contributed by atoms with Crippen molar-refractivity contribution in [2.75, 3.05) is 10.6 Å². The van der Waals surface area contributed by atoms with Crippen LogP contribution in [-0.4, -0.2) is 11.8 Å². The summed E-state index contributed by atoms with van der Waals surface area (Å²) in [6.45, 7) is 1.21. The molecule has 0 unspecified atom stereocenters. The quantitative estimate of drug-likeness (QED) is 0.823. The van der Waals surface area contributed by atoms with E-state index in [2.05, 4.69) is 10.6 Å². The second kappa shape index (κ2) is 6.85. The van der Waals surface area contributed by atoms with Gasteiger partial charge in [-0.25, -0.2) is 0 Å². The van der Waals surface area contributed by atoms with Gasteiger partial charge in [0.2, 0.25) is 11.8 Å². The van der Waals surface area contributed by atoms with Gasteiger partial charge in [-0.3, -0.25) is 9.59 Å². The van der Waals surface area contributed by atoms with Crippen LogP contribution in [0.25, 0.3) is 0 Å². The van der Waals surface area contributed by atoms with E-state index in [9.17, 15) is 22.8 Å². The third-order valence-electron chi connectivity index (χ3n) is 3.48. The molecule has 1 aromatic carbocycles. The fourth-order valence-corrected chi connectivity index (χ4v) is 2.47. The number of hydrogen-bond donors (Lipinski definition) is 2. The van der Waals surface area contributed by atoms with Crippen molar-refractivity contribution in [3.63, 3.8) is 0 Å². The molecule has 124 valence electrons. The van der Waals surface area contributed by atoms with Gasteiger partial charge in [-0.15, -0.1) is 0 Å². The number of halogens is 3. The molecule has 0 aliphatic heterocycles. The minimum absolute atomic E-state index is 0.0292. The Bertz CT molecular complexity index is 639. The van der Waals surface area contributed by atoms with Gasteiger partial charge in [0.05, 0.1) is 11.3 Å². The minimum Gasteiger partial charge on any atom is -0.326 e. The Balaban J connectivity index is 2.17. The first kappa shape index (κ1) is 17.1. The molecule has 0 saturated carbocycles. The zero-order chi connectivity index (χ0) is 17.0. The van der Waals surface area contributed by atoms with Crippen LogP contribution in [-0.2, 0) is 15.8 Å². The van der Waals surface area contributed by atoms with Crippen LogP contribution in [0.4, 0.5) is 24.5 Å². The predicted molar refractivity (Wildman–Crippen MR) is 80.9 cm³/mol. The molecule has 0 saturated heterocycles. The summed E-state index contributed by atoms with van der Waals surface area (Å²) in [6, 6.07) is 3.28. The summed E-state index contributed by atoms with van der Waals surface area (Å²) in [5.74, 6) is -0.856. The number of hydrogen-bond acceptors (Lipinski definition) is 2. The number of amides is 2. The number of carbonyl (C=O) groups excluding carboxylic acids is 2. The maximum absolute atomic E-state index is 13.1. The number of rotatable bonds is 4. The highest BCUT2D eigenvalue weighted by atomic mass is 19.4. The van der Waals surface area contributed by atoms with Gasteiger partial charge in [-0.1, -0.05) is 12.2 Å². The molecule has 0 radical (unpaired) electrons. The third kappa shape index (κ3) is 4.84. The standard InChI is InChI=1S/C16H17F3N2O2/c1-10(22)20-12-6-7-14(13(9-12)16(17,18)19)21-15(23)8-11-4-2-3-5-11/h2,4,6-7,9,11H,3,5,8H2,1H3,(H,20,22)(H,21,23)/t11-/m0/s1. The third-order valence-corrected chi connectivity index (χ3v) is 3.48. The van der Waals surface area contributed by atoms with Crippen molar-refractivity contribution in [1.29, 1.82) is 0 Å². The Hall–Kier alpha value is -2.31. The van der Waals surface area contributed by atoms with Crippen LogP contribution in [0.5, 0.6) is 0 Å². The van der Waals surface area contributed by atoms with Crippen LogP contribution in [0.2, 0.25) is 0 Å². The zero-order valence-corrected chi connectivity index (χ0v) is 12.5. The van der Waals surface area contributed by atoms with E-state index in [0.29, 0.717) is 0 Å². The van der Waals surface area contributed by atoms with Gasteiger partial charge in [0, 0.05) is 19.0 Å². The van der Waals surface area contributed by atoms with E-state index in [-0.39, 0.29) is 23.7 Å². The van der Waals surface area contributed by atoms with Crippen LogP contribution in [0.15, 0.2) is 30.4 Å². The molecule has 2 amide bonds. The van der Waals surface area contributed by atoms with Crippen molar-refractivity contribution in [1.82, 2.24) is 0 Å². The molecular formula is C16H17F3N2O2. The molecule has 0 aromatic heterocycles. The van der Waals surface area contributed by atoms with Gasteiger partial charge in [-0.05, 0) is 37.0 Å². The number of alkyl halides is 3. The lowest BCUT2D eigenvalue weighted by molar-refractivity contribution is -0.137. The summed E-state index contributed by atoms with van der Waals surface area (Å²) in [7, 11) is 0. The van der Waals surface area contributed by atoms with Gasteiger partial charge in [-0.2, -0.15) is 13.2 Å². The highest BCUT2D eigenvalue weighted by Crippen LogP contribution is 2.37. The van der Waals surface area contributed by atoms with Gasteiger partial charge in [0.1, 0.15) is 0 Å². The molecule has 1 aliphatic rings. The van der Waals surface area contributed by atoms with E-state index in [1.807, 2.05) is 12.2 Å². The van der Waals surface area contributed by atoms with E-state index in [0.717, 1.165) is 25.0 Å². The Kier molecular flexibility index (Phi) is 5.08. The first-order valence-corrected chi connectivity index (χ1v) is 7.21. The van der Waals surface area contributed by atoms with Crippen molar-refractivity contribution in [3.8, 4) is 0 Å². The van der Waals surface area contributed by atoms with Gasteiger partial charge in [0.25, 0.3) is 0 Å². The van der Waals surface area contributed by atoms with Crippen LogP contribution >= 0.6 is 0 Å². The number of carbonyl (C=O) groups is 2. The molecular weight excluding hydrogens is 309 g/mol. The summed E-state index contributed by atoms with van der Waals surface area (Å²) in [4.78, 5) is 22.9.